The maximum Gasteiger partial charge on any atom is 0.211 e. The van der Waals surface area contributed by atoms with Crippen LogP contribution in [0.3, 0.4) is 0 Å². The van der Waals surface area contributed by atoms with Crippen LogP contribution in [0.2, 0.25) is 0 Å². The molecule has 0 spiro atoms. The highest BCUT2D eigenvalue weighted by Crippen LogP contribution is 2.37. The van der Waals surface area contributed by atoms with Crippen LogP contribution in [0.5, 0.6) is 0 Å². The number of benzene rings is 1. The number of H-pyrrole nitrogens is 1. The highest BCUT2D eigenvalue weighted by atomic mass is 32.2. The van der Waals surface area contributed by atoms with E-state index in [1.807, 2.05) is 12.1 Å². The fourth-order valence-electron chi connectivity index (χ4n) is 5.72. The van der Waals surface area contributed by atoms with Crippen molar-refractivity contribution in [3.63, 3.8) is 0 Å². The molecule has 2 aromatic heterocycles. The second kappa shape index (κ2) is 11.1. The fourth-order valence-corrected chi connectivity index (χ4v) is 7.66. The summed E-state index contributed by atoms with van der Waals surface area (Å²) >= 11 is 0. The zero-order chi connectivity index (χ0) is 27.8. The molecule has 2 aliphatic heterocycles. The second-order valence-electron chi connectivity index (χ2n) is 10.5. The lowest BCUT2D eigenvalue weighted by molar-refractivity contribution is 0.127. The van der Waals surface area contributed by atoms with E-state index in [4.69, 9.17) is 0 Å². The lowest BCUT2D eigenvalue weighted by Crippen LogP contribution is -2.59. The summed E-state index contributed by atoms with van der Waals surface area (Å²) < 4.78 is 65.6. The van der Waals surface area contributed by atoms with Gasteiger partial charge in [0.05, 0.1) is 24.2 Å². The van der Waals surface area contributed by atoms with E-state index in [2.05, 4.69) is 20.9 Å². The summed E-state index contributed by atoms with van der Waals surface area (Å²) in [7, 11) is -6.85. The molecule has 39 heavy (non-hydrogen) atoms. The normalized spacial score (nSPS) is 20.8. The van der Waals surface area contributed by atoms with Crippen LogP contribution in [0, 0.1) is 5.82 Å². The van der Waals surface area contributed by atoms with Crippen molar-refractivity contribution in [1.82, 2.24) is 23.5 Å². The molecular weight excluding hydrogens is 541 g/mol. The van der Waals surface area contributed by atoms with Gasteiger partial charge >= 0.3 is 0 Å². The largest absolute Gasteiger partial charge is 0.358 e. The number of piperidine rings is 1. The van der Waals surface area contributed by atoms with Crippen molar-refractivity contribution in [2.75, 3.05) is 51.8 Å². The lowest BCUT2D eigenvalue weighted by atomic mass is 9.92. The third kappa shape index (κ3) is 6.41. The zero-order valence-corrected chi connectivity index (χ0v) is 23.8. The third-order valence-corrected chi connectivity index (χ3v) is 10.3. The Hall–Kier alpha value is -2.64. The maximum atomic E-state index is 13.6. The van der Waals surface area contributed by atoms with E-state index >= 15 is 0 Å². The topological polar surface area (TPSA) is 107 Å². The molecule has 2 aliphatic rings. The van der Waals surface area contributed by atoms with Gasteiger partial charge in [-0.1, -0.05) is 0 Å². The van der Waals surface area contributed by atoms with Crippen molar-refractivity contribution in [3.8, 4) is 22.4 Å². The molecule has 1 aromatic carbocycles. The molecule has 0 bridgehead atoms. The minimum Gasteiger partial charge on any atom is -0.358 e. The standard InChI is InChI=1S/C27H34FN5O4S2/c1-38(34,35)32-15-16-33(39(2,36)37)24(19-32)18-31-13-9-21(10-14-31)26-17-25(20-7-11-29-12-8-20)27(30-26)22-3-5-23(28)6-4-22/h3-8,11-12,17,21,24,30H,9-10,13-16,18-19H2,1-2H3. The van der Waals surface area contributed by atoms with Crippen LogP contribution < -0.4 is 0 Å². The molecule has 5 rings (SSSR count). The first-order valence-corrected chi connectivity index (χ1v) is 16.7. The van der Waals surface area contributed by atoms with Crippen LogP contribution in [-0.2, 0) is 20.0 Å². The van der Waals surface area contributed by atoms with Gasteiger partial charge in [0, 0.05) is 55.7 Å². The average Bonchev–Trinajstić information content (AvgIpc) is 3.34. The Morgan fingerprint density at radius 2 is 1.56 bits per heavy atom. The summed E-state index contributed by atoms with van der Waals surface area (Å²) in [6.45, 7) is 2.53. The first-order valence-electron chi connectivity index (χ1n) is 13.0. The molecule has 1 unspecified atom stereocenters. The minimum absolute atomic E-state index is 0.165. The van der Waals surface area contributed by atoms with Gasteiger partial charge in [-0.15, -0.1) is 0 Å². The van der Waals surface area contributed by atoms with Crippen molar-refractivity contribution in [2.45, 2.75) is 24.8 Å². The van der Waals surface area contributed by atoms with E-state index in [1.54, 1.807) is 24.5 Å². The number of aromatic nitrogens is 2. The van der Waals surface area contributed by atoms with E-state index in [9.17, 15) is 21.2 Å². The number of aromatic amines is 1. The number of hydrogen-bond donors (Lipinski definition) is 1. The van der Waals surface area contributed by atoms with Gasteiger partial charge in [-0.3, -0.25) is 4.98 Å². The summed E-state index contributed by atoms with van der Waals surface area (Å²) in [5.41, 5.74) is 5.01. The van der Waals surface area contributed by atoms with E-state index in [1.165, 1.54) is 33.3 Å². The Labute approximate surface area is 229 Å². The molecule has 12 heteroatoms. The SMILES string of the molecule is CS(=O)(=O)N1CCN(S(C)(=O)=O)C(CN2CCC(c3cc(-c4ccncc4)c(-c4ccc(F)cc4)[nH]3)CC2)C1. The fraction of sp³-hybridized carbons (Fsp3) is 0.444. The van der Waals surface area contributed by atoms with E-state index in [0.29, 0.717) is 6.54 Å². The summed E-state index contributed by atoms with van der Waals surface area (Å²) in [4.78, 5) is 9.98. The molecule has 0 radical (unpaired) electrons. The van der Waals surface area contributed by atoms with Gasteiger partial charge in [0.25, 0.3) is 0 Å². The first kappa shape index (κ1) is 27.9. The molecular formula is C27H34FN5O4S2. The van der Waals surface area contributed by atoms with E-state index < -0.39 is 26.1 Å². The van der Waals surface area contributed by atoms with Crippen molar-refractivity contribution in [2.24, 2.45) is 0 Å². The van der Waals surface area contributed by atoms with Crippen molar-refractivity contribution < 1.29 is 21.2 Å². The second-order valence-corrected chi connectivity index (χ2v) is 14.4. The molecule has 0 amide bonds. The Morgan fingerprint density at radius 3 is 2.18 bits per heavy atom. The highest BCUT2D eigenvalue weighted by Gasteiger charge is 2.37. The van der Waals surface area contributed by atoms with Crippen LogP contribution in [0.4, 0.5) is 4.39 Å². The summed E-state index contributed by atoms with van der Waals surface area (Å²) in [5.74, 6) is -0.00338. The smallest absolute Gasteiger partial charge is 0.211 e. The van der Waals surface area contributed by atoms with Crippen molar-refractivity contribution in [3.05, 3.63) is 66.4 Å². The molecule has 1 N–H and O–H groups in total. The average molecular weight is 576 g/mol. The number of likely N-dealkylation sites (tertiary alicyclic amines) is 1. The third-order valence-electron chi connectivity index (χ3n) is 7.75. The Balaban J connectivity index is 1.32. The molecule has 9 nitrogen and oxygen atoms in total. The summed E-state index contributed by atoms with van der Waals surface area (Å²) in [5, 5.41) is 0. The number of nitrogens with one attached hydrogen (secondary N) is 1. The van der Waals surface area contributed by atoms with Gasteiger partial charge in [-0.25, -0.2) is 21.2 Å². The minimum atomic E-state index is -3.45. The highest BCUT2D eigenvalue weighted by molar-refractivity contribution is 7.88. The van der Waals surface area contributed by atoms with Crippen molar-refractivity contribution in [1.29, 1.82) is 0 Å². The van der Waals surface area contributed by atoms with Gasteiger partial charge in [0.1, 0.15) is 5.82 Å². The van der Waals surface area contributed by atoms with Gasteiger partial charge in [0.15, 0.2) is 0 Å². The van der Waals surface area contributed by atoms with Gasteiger partial charge < -0.3 is 9.88 Å². The quantitative estimate of drug-likeness (QED) is 0.464. The Morgan fingerprint density at radius 1 is 0.897 bits per heavy atom. The molecule has 1 atom stereocenters. The number of rotatable bonds is 7. The van der Waals surface area contributed by atoms with E-state index in [-0.39, 0.29) is 31.4 Å². The predicted octanol–water partition coefficient (Wildman–Crippen LogP) is 2.97. The molecule has 3 aromatic rings. The summed E-state index contributed by atoms with van der Waals surface area (Å²) in [6.07, 6.45) is 7.62. The van der Waals surface area contributed by atoms with E-state index in [0.717, 1.165) is 54.0 Å². The van der Waals surface area contributed by atoms with Gasteiger partial charge in [0.2, 0.25) is 20.0 Å². The molecule has 210 valence electrons. The van der Waals surface area contributed by atoms with Gasteiger partial charge in [-0.2, -0.15) is 8.61 Å². The number of halogens is 1. The molecule has 2 saturated heterocycles. The Kier molecular flexibility index (Phi) is 7.93. The molecule has 2 fully saturated rings. The van der Waals surface area contributed by atoms with Gasteiger partial charge in [-0.05, 0) is 79.5 Å². The maximum absolute atomic E-state index is 13.6. The van der Waals surface area contributed by atoms with Crippen LogP contribution in [0.15, 0.2) is 54.9 Å². The Bertz CT molecular complexity index is 1500. The van der Waals surface area contributed by atoms with Crippen LogP contribution in [0.25, 0.3) is 22.4 Å². The number of piperazine rings is 1. The monoisotopic (exact) mass is 575 g/mol. The lowest BCUT2D eigenvalue weighted by Gasteiger charge is -2.42. The number of sulfonamides is 2. The zero-order valence-electron chi connectivity index (χ0n) is 22.1. The molecule has 0 aliphatic carbocycles. The number of nitrogens with zero attached hydrogens (tertiary/aromatic N) is 4. The summed E-state index contributed by atoms with van der Waals surface area (Å²) in [6, 6.07) is 12.1. The first-order chi connectivity index (χ1) is 18.5. The van der Waals surface area contributed by atoms with Crippen LogP contribution in [-0.4, -0.2) is 98.1 Å². The molecule has 0 saturated carbocycles. The van der Waals surface area contributed by atoms with Crippen LogP contribution in [0.1, 0.15) is 24.5 Å². The predicted molar refractivity (Wildman–Crippen MR) is 150 cm³/mol. The number of hydrogen-bond acceptors (Lipinski definition) is 6. The van der Waals surface area contributed by atoms with Crippen LogP contribution >= 0.6 is 0 Å². The number of pyridine rings is 1. The van der Waals surface area contributed by atoms with Crippen molar-refractivity contribution >= 4 is 20.0 Å². The molecule has 4 heterocycles.